The van der Waals surface area contributed by atoms with Gasteiger partial charge < -0.3 is 62.4 Å². The van der Waals surface area contributed by atoms with Gasteiger partial charge >= 0.3 is 12.0 Å². The SMILES string of the molecule is CCCC(=O)N[C@@H](CCCNC(N)=O)C(=O)N[C@@H]1C(=O)N[C@@H](CCS(C)=O)C(=O)N[C@H]2CC[C@@H](O)N(C2=O)[C@@H](Cc2ccccc2)C(=O)N(C)[C@@H](Cc2ccc(O)cc2)C(=O)N[C@@H](C(C)C)C(=O)O[C@@H]1C. The summed E-state index contributed by atoms with van der Waals surface area (Å²) >= 11 is 0. The molecule has 22 nitrogen and oxygen atoms in total. The van der Waals surface area contributed by atoms with Crippen LogP contribution in [0.5, 0.6) is 5.75 Å². The minimum Gasteiger partial charge on any atom is -0.508 e. The third-order valence-electron chi connectivity index (χ3n) is 12.3. The van der Waals surface area contributed by atoms with Crippen molar-refractivity contribution in [3.8, 4) is 5.75 Å². The molecule has 2 heterocycles. The van der Waals surface area contributed by atoms with Crippen LogP contribution in [0, 0.1) is 5.92 Å². The van der Waals surface area contributed by atoms with E-state index in [9.17, 15) is 52.8 Å². The van der Waals surface area contributed by atoms with Gasteiger partial charge in [-0.2, -0.15) is 0 Å². The molecule has 0 aliphatic carbocycles. The number of aliphatic hydroxyl groups is 1. The minimum absolute atomic E-state index is 0.0340. The van der Waals surface area contributed by atoms with Crippen molar-refractivity contribution in [3.05, 3.63) is 65.7 Å². The lowest BCUT2D eigenvalue weighted by atomic mass is 9.95. The lowest BCUT2D eigenvalue weighted by Gasteiger charge is -2.43. The van der Waals surface area contributed by atoms with Gasteiger partial charge in [0.1, 0.15) is 60.4 Å². The van der Waals surface area contributed by atoms with Gasteiger partial charge in [-0.1, -0.05) is 63.2 Å². The zero-order chi connectivity index (χ0) is 52.5. The largest absolute Gasteiger partial charge is 0.508 e. The first-order chi connectivity index (χ1) is 33.6. The molecule has 1 unspecified atom stereocenters. The molecule has 2 aromatic rings. The van der Waals surface area contributed by atoms with Crippen molar-refractivity contribution in [3.63, 3.8) is 0 Å². The number of piperidine rings is 1. The van der Waals surface area contributed by atoms with Gasteiger partial charge in [0.15, 0.2) is 0 Å². The zero-order valence-electron chi connectivity index (χ0n) is 41.0. The number of fused-ring (bicyclic) bond motifs is 2. The van der Waals surface area contributed by atoms with Crippen LogP contribution in [0.2, 0.25) is 0 Å². The highest BCUT2D eigenvalue weighted by molar-refractivity contribution is 7.84. The van der Waals surface area contributed by atoms with Crippen LogP contribution >= 0.6 is 0 Å². The van der Waals surface area contributed by atoms with Crippen molar-refractivity contribution in [2.45, 2.75) is 140 Å². The Morgan fingerprint density at radius 1 is 0.887 bits per heavy atom. The maximum Gasteiger partial charge on any atom is 0.329 e. The highest BCUT2D eigenvalue weighted by Crippen LogP contribution is 2.25. The fourth-order valence-corrected chi connectivity index (χ4v) is 8.85. The molecule has 71 heavy (non-hydrogen) atoms. The van der Waals surface area contributed by atoms with Gasteiger partial charge in [0.2, 0.25) is 41.4 Å². The fourth-order valence-electron chi connectivity index (χ4n) is 8.28. The second-order valence-corrected chi connectivity index (χ2v) is 19.7. The number of esters is 1. The fraction of sp³-hybridized carbons (Fsp3) is 0.562. The summed E-state index contributed by atoms with van der Waals surface area (Å²) in [5, 5.41) is 37.1. The molecular weight excluding hydrogens is 943 g/mol. The summed E-state index contributed by atoms with van der Waals surface area (Å²) in [4.78, 5) is 128. The first kappa shape index (κ1) is 57.0. The normalized spacial score (nSPS) is 24.7. The number of nitrogens with two attached hydrogens (primary N) is 1. The van der Waals surface area contributed by atoms with Gasteiger partial charge in [-0.3, -0.25) is 37.8 Å². The van der Waals surface area contributed by atoms with E-state index in [0.717, 1.165) is 9.80 Å². The number of cyclic esters (lactones) is 1. The number of nitrogens with one attached hydrogen (secondary N) is 6. The molecule has 23 heteroatoms. The molecule has 4 rings (SSSR count). The Hall–Kier alpha value is -6.62. The number of aliphatic hydroxyl groups excluding tert-OH is 1. The quantitative estimate of drug-likeness (QED) is 0.0705. The van der Waals surface area contributed by atoms with Crippen LogP contribution in [0.1, 0.15) is 83.8 Å². The number of hydrogen-bond donors (Lipinski definition) is 9. The Bertz CT molecular complexity index is 2230. The van der Waals surface area contributed by atoms with Gasteiger partial charge in [-0.15, -0.1) is 0 Å². The van der Waals surface area contributed by atoms with Crippen LogP contribution in [0.3, 0.4) is 0 Å². The molecule has 2 aliphatic rings. The lowest BCUT2D eigenvalue weighted by Crippen LogP contribution is -2.65. The number of carbonyl (C=O) groups excluding carboxylic acids is 9. The van der Waals surface area contributed by atoms with Crippen molar-refractivity contribution in [1.29, 1.82) is 0 Å². The third-order valence-corrected chi connectivity index (χ3v) is 13.1. The Morgan fingerprint density at radius 2 is 1.54 bits per heavy atom. The molecule has 0 radical (unpaired) electrons. The van der Waals surface area contributed by atoms with Crippen molar-refractivity contribution in [1.82, 2.24) is 41.7 Å². The molecule has 0 aromatic heterocycles. The number of phenolic OH excluding ortho intramolecular Hbond substituents is 1. The topological polar surface area (TPSA) is 325 Å². The Kier molecular flexibility index (Phi) is 21.8. The molecule has 2 aliphatic heterocycles. The number of ether oxygens (including phenoxy) is 1. The van der Waals surface area contributed by atoms with Gasteiger partial charge in [0, 0.05) is 55.7 Å². The summed E-state index contributed by atoms with van der Waals surface area (Å²) in [6.45, 7) is 6.29. The third kappa shape index (κ3) is 16.8. The van der Waals surface area contributed by atoms with Crippen molar-refractivity contribution < 1.29 is 62.3 Å². The maximum absolute atomic E-state index is 15.0. The van der Waals surface area contributed by atoms with Gasteiger partial charge in [0.25, 0.3) is 0 Å². The average molecular weight is 1010 g/mol. The molecule has 9 amide bonds. The molecule has 390 valence electrons. The number of benzene rings is 2. The molecular formula is C48H69N9O13S. The second kappa shape index (κ2) is 27.1. The van der Waals surface area contributed by atoms with Crippen molar-refractivity contribution in [2.75, 3.05) is 25.6 Å². The summed E-state index contributed by atoms with van der Waals surface area (Å²) in [5.74, 6) is -7.75. The molecule has 0 spiro atoms. The number of urea groups is 1. The first-order valence-corrected chi connectivity index (χ1v) is 25.5. The van der Waals surface area contributed by atoms with Crippen LogP contribution in [0.4, 0.5) is 4.79 Å². The summed E-state index contributed by atoms with van der Waals surface area (Å²) in [6, 6.07) is 3.46. The van der Waals surface area contributed by atoms with E-state index >= 15 is 4.79 Å². The van der Waals surface area contributed by atoms with E-state index in [2.05, 4.69) is 31.9 Å². The standard InChI is InChI=1S/C48H69N9O13S/c1-7-12-37(59)51-32(15-11-23-50-48(49)68)42(62)55-40-28(4)70-47(67)39(27(2)3)54-43(63)35(25-30-16-18-31(58)19-17-30)56(5)46(66)36(26-29-13-9-8-10-14-29)57-38(60)21-20-34(45(57)65)53-41(61)33(52-44(40)64)22-24-71(6)69/h8-10,13-14,16-19,27-28,32-36,38-40,58,60H,7,11-12,15,20-26H2,1-6H3,(H,51,59)(H,52,64)(H,53,61)(H,54,63)(H,55,62)(H3,49,50,68)/t28-,32+,33+,34+,35+,36+,38-,39+,40+,71?/m1/s1. The van der Waals surface area contributed by atoms with Crippen LogP contribution in [-0.2, 0) is 66.7 Å². The number of aromatic hydroxyl groups is 1. The number of phenols is 1. The van der Waals surface area contributed by atoms with E-state index in [0.29, 0.717) is 17.5 Å². The van der Waals surface area contributed by atoms with Gasteiger partial charge in [0.05, 0.1) is 0 Å². The van der Waals surface area contributed by atoms with Crippen molar-refractivity contribution >= 4 is 64.2 Å². The molecule has 2 fully saturated rings. The predicted octanol–water partition coefficient (Wildman–Crippen LogP) is -0.644. The average Bonchev–Trinajstić information content (AvgIpc) is 3.31. The number of rotatable bonds is 17. The molecule has 0 saturated carbocycles. The molecule has 10 atom stereocenters. The summed E-state index contributed by atoms with van der Waals surface area (Å²) in [5.41, 5.74) is 6.28. The van der Waals surface area contributed by atoms with E-state index in [1.54, 1.807) is 63.2 Å². The number of likely N-dealkylation sites (N-methyl/N-ethyl adjacent to an activating group) is 1. The van der Waals surface area contributed by atoms with E-state index in [1.807, 2.05) is 0 Å². The Labute approximate surface area is 415 Å². The molecule has 10 N–H and O–H groups in total. The van der Waals surface area contributed by atoms with Crippen LogP contribution in [0.15, 0.2) is 54.6 Å². The van der Waals surface area contributed by atoms with E-state index in [-0.39, 0.29) is 69.4 Å². The van der Waals surface area contributed by atoms with Crippen molar-refractivity contribution in [2.24, 2.45) is 11.7 Å². The van der Waals surface area contributed by atoms with E-state index < -0.39 is 125 Å². The summed E-state index contributed by atoms with van der Waals surface area (Å²) < 4.78 is 18.3. The second-order valence-electron chi connectivity index (χ2n) is 18.2. The van der Waals surface area contributed by atoms with Crippen LogP contribution in [0.25, 0.3) is 0 Å². The Morgan fingerprint density at radius 3 is 2.15 bits per heavy atom. The smallest absolute Gasteiger partial charge is 0.329 e. The highest BCUT2D eigenvalue weighted by Gasteiger charge is 2.46. The minimum atomic E-state index is -1.79. The highest BCUT2D eigenvalue weighted by atomic mass is 32.2. The lowest BCUT2D eigenvalue weighted by molar-refractivity contribution is -0.165. The monoisotopic (exact) mass is 1010 g/mol. The van der Waals surface area contributed by atoms with Gasteiger partial charge in [-0.25, -0.2) is 9.59 Å². The number of hydrogen-bond acceptors (Lipinski definition) is 13. The number of carbonyl (C=O) groups is 9. The number of amides is 9. The summed E-state index contributed by atoms with van der Waals surface area (Å²) in [6.07, 6.45) is -1.86. The number of primary amides is 1. The predicted molar refractivity (Wildman–Crippen MR) is 260 cm³/mol. The van der Waals surface area contributed by atoms with E-state index in [4.69, 9.17) is 10.5 Å². The van der Waals surface area contributed by atoms with E-state index in [1.165, 1.54) is 32.4 Å². The molecule has 2 bridgehead atoms. The summed E-state index contributed by atoms with van der Waals surface area (Å²) in [7, 11) is -0.156. The molecule has 2 aromatic carbocycles. The van der Waals surface area contributed by atoms with Crippen LogP contribution < -0.4 is 37.6 Å². The van der Waals surface area contributed by atoms with Crippen LogP contribution in [-0.4, -0.2) is 158 Å². The number of nitrogens with zero attached hydrogens (tertiary/aromatic N) is 2. The maximum atomic E-state index is 15.0. The Balaban J connectivity index is 1.87. The zero-order valence-corrected chi connectivity index (χ0v) is 41.8. The first-order valence-electron chi connectivity index (χ1n) is 23.7. The molecule has 2 saturated heterocycles. The van der Waals surface area contributed by atoms with Gasteiger partial charge in [-0.05, 0) is 74.6 Å².